The van der Waals surface area contributed by atoms with E-state index < -0.39 is 26.8 Å². The molecule has 21 heavy (non-hydrogen) atoms. The molecule has 0 spiro atoms. The van der Waals surface area contributed by atoms with Crippen LogP contribution in [0.1, 0.15) is 33.1 Å². The maximum atomic E-state index is 13.4. The molecule has 0 aliphatic carbocycles. The lowest BCUT2D eigenvalue weighted by Crippen LogP contribution is -2.38. The van der Waals surface area contributed by atoms with E-state index in [2.05, 4.69) is 5.32 Å². The van der Waals surface area contributed by atoms with Crippen molar-refractivity contribution in [3.05, 3.63) is 24.0 Å². The van der Waals surface area contributed by atoms with Crippen LogP contribution in [0.5, 0.6) is 0 Å². The van der Waals surface area contributed by atoms with Gasteiger partial charge in [0.25, 0.3) is 0 Å². The topological polar surface area (TPSA) is 89.3 Å². The van der Waals surface area contributed by atoms with E-state index >= 15 is 0 Å². The third kappa shape index (κ3) is 4.42. The number of nitrogens with one attached hydrogen (secondary N) is 1. The number of sulfone groups is 1. The lowest BCUT2D eigenvalue weighted by atomic mass is 10.2. The molecule has 0 aliphatic heterocycles. The minimum absolute atomic E-state index is 0.134. The molecule has 1 rings (SSSR count). The van der Waals surface area contributed by atoms with Gasteiger partial charge in [0.15, 0.2) is 9.84 Å². The molecule has 1 atom stereocenters. The number of anilines is 1. The lowest BCUT2D eigenvalue weighted by molar-refractivity contribution is -0.120. The van der Waals surface area contributed by atoms with E-state index in [0.29, 0.717) is 6.54 Å². The normalized spacial score (nSPS) is 12.9. The van der Waals surface area contributed by atoms with Crippen LogP contribution in [-0.4, -0.2) is 26.1 Å². The highest BCUT2D eigenvalue weighted by atomic mass is 32.2. The van der Waals surface area contributed by atoms with Crippen molar-refractivity contribution in [1.29, 1.82) is 0 Å². The minimum Gasteiger partial charge on any atom is -0.396 e. The predicted molar refractivity (Wildman–Crippen MR) is 80.0 cm³/mol. The van der Waals surface area contributed by atoms with Gasteiger partial charge in [-0.2, -0.15) is 0 Å². The van der Waals surface area contributed by atoms with Crippen LogP contribution < -0.4 is 11.1 Å². The number of unbranched alkanes of at least 4 members (excludes halogenated alkanes) is 2. The second-order valence-corrected chi connectivity index (χ2v) is 7.14. The van der Waals surface area contributed by atoms with Crippen molar-refractivity contribution in [2.45, 2.75) is 43.3 Å². The quantitative estimate of drug-likeness (QED) is 0.594. The zero-order valence-electron chi connectivity index (χ0n) is 12.2. The van der Waals surface area contributed by atoms with Crippen molar-refractivity contribution in [2.75, 3.05) is 12.3 Å². The SMILES string of the molecule is CCCCCNC(=O)C(C)S(=O)(=O)c1ccc(N)c(F)c1. The highest BCUT2D eigenvalue weighted by molar-refractivity contribution is 7.92. The third-order valence-electron chi connectivity index (χ3n) is 3.21. The van der Waals surface area contributed by atoms with Crippen LogP contribution in [0.4, 0.5) is 10.1 Å². The average Bonchev–Trinajstić information content (AvgIpc) is 2.45. The lowest BCUT2D eigenvalue weighted by Gasteiger charge is -2.13. The number of amides is 1. The van der Waals surface area contributed by atoms with Crippen molar-refractivity contribution in [3.8, 4) is 0 Å². The fourth-order valence-electron chi connectivity index (χ4n) is 1.76. The molecule has 118 valence electrons. The number of rotatable bonds is 7. The molecular formula is C14H21FN2O3S. The first-order valence-electron chi connectivity index (χ1n) is 6.87. The van der Waals surface area contributed by atoms with Crippen LogP contribution in [0.2, 0.25) is 0 Å². The van der Waals surface area contributed by atoms with E-state index in [0.717, 1.165) is 25.3 Å². The average molecular weight is 316 g/mol. The van der Waals surface area contributed by atoms with Gasteiger partial charge < -0.3 is 11.1 Å². The second-order valence-electron chi connectivity index (χ2n) is 4.87. The maximum absolute atomic E-state index is 13.4. The van der Waals surface area contributed by atoms with Crippen LogP contribution in [0.3, 0.4) is 0 Å². The Kier molecular flexibility index (Phi) is 6.14. The number of nitrogen functional groups attached to an aromatic ring is 1. The summed E-state index contributed by atoms with van der Waals surface area (Å²) >= 11 is 0. The van der Waals surface area contributed by atoms with Gasteiger partial charge in [-0.15, -0.1) is 0 Å². The molecule has 7 heteroatoms. The third-order valence-corrected chi connectivity index (χ3v) is 5.27. The van der Waals surface area contributed by atoms with Crippen molar-refractivity contribution in [2.24, 2.45) is 0 Å². The van der Waals surface area contributed by atoms with Crippen LogP contribution in [0, 0.1) is 5.82 Å². The summed E-state index contributed by atoms with van der Waals surface area (Å²) in [6.07, 6.45) is 2.77. The zero-order valence-corrected chi connectivity index (χ0v) is 13.0. The molecule has 5 nitrogen and oxygen atoms in total. The Morgan fingerprint density at radius 3 is 2.62 bits per heavy atom. The Labute approximate surface area is 124 Å². The van der Waals surface area contributed by atoms with Gasteiger partial charge in [0.05, 0.1) is 10.6 Å². The van der Waals surface area contributed by atoms with E-state index in [9.17, 15) is 17.6 Å². The van der Waals surface area contributed by atoms with E-state index in [4.69, 9.17) is 5.73 Å². The summed E-state index contributed by atoms with van der Waals surface area (Å²) in [5.41, 5.74) is 5.18. The highest BCUT2D eigenvalue weighted by Crippen LogP contribution is 2.20. The van der Waals surface area contributed by atoms with Gasteiger partial charge in [0.1, 0.15) is 11.1 Å². The molecule has 0 radical (unpaired) electrons. The predicted octanol–water partition coefficient (Wildman–Crippen LogP) is 1.88. The Morgan fingerprint density at radius 1 is 1.38 bits per heavy atom. The van der Waals surface area contributed by atoms with Gasteiger partial charge in [0.2, 0.25) is 5.91 Å². The summed E-state index contributed by atoms with van der Waals surface area (Å²) in [5, 5.41) is 1.31. The van der Waals surface area contributed by atoms with Crippen molar-refractivity contribution in [3.63, 3.8) is 0 Å². The smallest absolute Gasteiger partial charge is 0.238 e. The minimum atomic E-state index is -3.93. The van der Waals surface area contributed by atoms with Gasteiger partial charge in [0, 0.05) is 6.54 Å². The molecule has 0 bridgehead atoms. The monoisotopic (exact) mass is 316 g/mol. The largest absolute Gasteiger partial charge is 0.396 e. The summed E-state index contributed by atoms with van der Waals surface area (Å²) in [6, 6.07) is 3.22. The first kappa shape index (κ1) is 17.4. The molecule has 1 unspecified atom stereocenters. The fourth-order valence-corrected chi connectivity index (χ4v) is 3.06. The van der Waals surface area contributed by atoms with Gasteiger partial charge >= 0.3 is 0 Å². The molecule has 0 aromatic heterocycles. The van der Waals surface area contributed by atoms with Crippen LogP contribution >= 0.6 is 0 Å². The molecule has 0 saturated carbocycles. The summed E-state index contributed by atoms with van der Waals surface area (Å²) in [5.74, 6) is -1.39. The van der Waals surface area contributed by atoms with E-state index in [-0.39, 0.29) is 10.6 Å². The Balaban J connectivity index is 2.81. The maximum Gasteiger partial charge on any atom is 0.238 e. The number of nitrogens with two attached hydrogens (primary N) is 1. The first-order valence-corrected chi connectivity index (χ1v) is 8.42. The summed E-state index contributed by atoms with van der Waals surface area (Å²) in [7, 11) is -3.93. The number of carbonyl (C=O) groups is 1. The van der Waals surface area contributed by atoms with Gasteiger partial charge in [-0.05, 0) is 31.5 Å². The number of hydrogen-bond acceptors (Lipinski definition) is 4. The molecule has 0 heterocycles. The molecule has 0 saturated heterocycles. The molecule has 0 fully saturated rings. The van der Waals surface area contributed by atoms with Crippen molar-refractivity contribution in [1.82, 2.24) is 5.32 Å². The molecule has 1 amide bonds. The molecule has 3 N–H and O–H groups in total. The molecule has 1 aromatic carbocycles. The van der Waals surface area contributed by atoms with E-state index in [1.54, 1.807) is 0 Å². The Bertz CT molecular complexity index is 602. The number of carbonyl (C=O) groups excluding carboxylic acids is 1. The number of benzene rings is 1. The van der Waals surface area contributed by atoms with Crippen LogP contribution in [-0.2, 0) is 14.6 Å². The standard InChI is InChI=1S/C14H21FN2O3S/c1-3-4-5-8-17-14(18)10(2)21(19,20)11-6-7-13(16)12(15)9-11/h6-7,9-10H,3-5,8,16H2,1-2H3,(H,17,18). The van der Waals surface area contributed by atoms with Crippen molar-refractivity contribution < 1.29 is 17.6 Å². The summed E-state index contributed by atoms with van der Waals surface area (Å²) < 4.78 is 37.9. The van der Waals surface area contributed by atoms with Gasteiger partial charge in [-0.1, -0.05) is 19.8 Å². The van der Waals surface area contributed by atoms with E-state index in [1.807, 2.05) is 6.92 Å². The van der Waals surface area contributed by atoms with Crippen LogP contribution in [0.15, 0.2) is 23.1 Å². The summed E-state index contributed by atoms with van der Waals surface area (Å²) in [4.78, 5) is 11.6. The fraction of sp³-hybridized carbons (Fsp3) is 0.500. The van der Waals surface area contributed by atoms with Gasteiger partial charge in [-0.25, -0.2) is 12.8 Å². The molecule has 1 aromatic rings. The summed E-state index contributed by atoms with van der Waals surface area (Å²) in [6.45, 7) is 3.76. The van der Waals surface area contributed by atoms with Crippen molar-refractivity contribution >= 4 is 21.4 Å². The van der Waals surface area contributed by atoms with E-state index in [1.165, 1.54) is 19.1 Å². The Hall–Kier alpha value is -1.63. The zero-order chi connectivity index (χ0) is 16.0. The van der Waals surface area contributed by atoms with Gasteiger partial charge in [-0.3, -0.25) is 4.79 Å². The highest BCUT2D eigenvalue weighted by Gasteiger charge is 2.30. The Morgan fingerprint density at radius 2 is 2.05 bits per heavy atom. The molecular weight excluding hydrogens is 295 g/mol. The van der Waals surface area contributed by atoms with Crippen LogP contribution in [0.25, 0.3) is 0 Å². The first-order chi connectivity index (χ1) is 9.80. The number of halogens is 1. The molecule has 0 aliphatic rings. The second kappa shape index (κ2) is 7.40. The number of hydrogen-bond donors (Lipinski definition) is 2.